The van der Waals surface area contributed by atoms with Crippen molar-refractivity contribution in [3.63, 3.8) is 0 Å². The zero-order valence-electron chi connectivity index (χ0n) is 8.62. The van der Waals surface area contributed by atoms with Crippen molar-refractivity contribution >= 4 is 35.2 Å². The fourth-order valence-corrected chi connectivity index (χ4v) is 1.94. The second-order valence-corrected chi connectivity index (χ2v) is 4.31. The smallest absolute Gasteiger partial charge is 0.327 e. The molecule has 0 aliphatic heterocycles. The molecule has 0 saturated carbocycles. The predicted octanol–water partition coefficient (Wildman–Crippen LogP) is 1.45. The molecule has 1 amide bonds. The highest BCUT2D eigenvalue weighted by molar-refractivity contribution is 7.99. The molecule has 6 heteroatoms. The number of nitrogens with one attached hydrogen (secondary N) is 1. The lowest BCUT2D eigenvalue weighted by Crippen LogP contribution is -2.41. The van der Waals surface area contributed by atoms with Crippen molar-refractivity contribution in [2.24, 2.45) is 0 Å². The molecule has 0 aromatic heterocycles. The minimum absolute atomic E-state index is 0.330. The minimum Gasteiger partial charge on any atom is -0.480 e. The van der Waals surface area contributed by atoms with E-state index < -0.39 is 12.0 Å². The number of carbonyl (C=O) groups excluding carboxylic acids is 1. The third-order valence-electron chi connectivity index (χ3n) is 1.48. The van der Waals surface area contributed by atoms with E-state index in [0.29, 0.717) is 11.5 Å². The van der Waals surface area contributed by atoms with Gasteiger partial charge in [-0.3, -0.25) is 4.79 Å². The van der Waals surface area contributed by atoms with Crippen LogP contribution in [0.3, 0.4) is 0 Å². The molecule has 0 fully saturated rings. The molecule has 0 aliphatic rings. The topological polar surface area (TPSA) is 66.4 Å². The highest BCUT2D eigenvalue weighted by atomic mass is 35.5. The molecule has 0 spiro atoms. The number of carboxylic acid groups (broad SMARTS) is 1. The molecule has 1 atom stereocenters. The monoisotopic (exact) mass is 251 g/mol. The largest absolute Gasteiger partial charge is 0.480 e. The number of rotatable bonds is 6. The van der Waals surface area contributed by atoms with Gasteiger partial charge in [0.15, 0.2) is 0 Å². The Kier molecular flexibility index (Phi) is 7.25. The molecule has 4 nitrogen and oxygen atoms in total. The third-order valence-corrected chi connectivity index (χ3v) is 3.08. The Labute approximate surface area is 98.1 Å². The van der Waals surface area contributed by atoms with Crippen LogP contribution in [0, 0.1) is 0 Å². The molecular weight excluding hydrogens is 238 g/mol. The molecule has 0 bridgehead atoms. The van der Waals surface area contributed by atoms with Crippen molar-refractivity contribution in [3.8, 4) is 0 Å². The van der Waals surface area contributed by atoms with E-state index in [2.05, 4.69) is 5.32 Å². The number of hydrogen-bond acceptors (Lipinski definition) is 3. The average molecular weight is 252 g/mol. The van der Waals surface area contributed by atoms with Crippen LogP contribution in [0.25, 0.3) is 0 Å². The van der Waals surface area contributed by atoms with Gasteiger partial charge in [0.25, 0.3) is 0 Å². The van der Waals surface area contributed by atoms with Gasteiger partial charge in [-0.1, -0.05) is 17.2 Å². The first-order valence-electron chi connectivity index (χ1n) is 4.31. The van der Waals surface area contributed by atoms with E-state index in [1.54, 1.807) is 0 Å². The van der Waals surface area contributed by atoms with Crippen molar-refractivity contribution in [1.29, 1.82) is 0 Å². The molecule has 2 N–H and O–H groups in total. The number of thioether (sulfide) groups is 1. The Morgan fingerprint density at radius 1 is 1.53 bits per heavy atom. The second-order valence-electron chi connectivity index (χ2n) is 3.06. The molecular formula is C9H14ClNO3S. The normalized spacial score (nSPS) is 13.4. The van der Waals surface area contributed by atoms with Crippen molar-refractivity contribution in [2.45, 2.75) is 19.9 Å². The van der Waals surface area contributed by atoms with Crippen LogP contribution < -0.4 is 5.32 Å². The summed E-state index contributed by atoms with van der Waals surface area (Å²) in [4.78, 5) is 21.4. The standard InChI is InChI=1S/C9H14ClNO3S/c1-6(3-10)4-15-5-8(9(13)14)11-7(2)12/h3,8H,4-5H2,1-2H3,(H,11,12)(H,13,14)/t8-/m0/s1. The molecule has 0 rings (SSSR count). The van der Waals surface area contributed by atoms with Crippen LogP contribution in [0.5, 0.6) is 0 Å². The summed E-state index contributed by atoms with van der Waals surface area (Å²) < 4.78 is 0. The molecule has 0 unspecified atom stereocenters. The minimum atomic E-state index is -1.02. The Morgan fingerprint density at radius 3 is 2.53 bits per heavy atom. The maximum Gasteiger partial charge on any atom is 0.327 e. The molecule has 0 aromatic rings. The lowest BCUT2D eigenvalue weighted by molar-refractivity contribution is -0.140. The predicted molar refractivity (Wildman–Crippen MR) is 62.2 cm³/mol. The van der Waals surface area contributed by atoms with Gasteiger partial charge in [-0.25, -0.2) is 4.79 Å². The summed E-state index contributed by atoms with van der Waals surface area (Å²) >= 11 is 6.87. The van der Waals surface area contributed by atoms with Crippen LogP contribution in [-0.4, -0.2) is 34.5 Å². The van der Waals surface area contributed by atoms with Gasteiger partial charge in [-0.15, -0.1) is 0 Å². The summed E-state index contributed by atoms with van der Waals surface area (Å²) in [6.07, 6.45) is 0. The summed E-state index contributed by atoms with van der Waals surface area (Å²) in [5, 5.41) is 11.1. The molecule has 0 heterocycles. The van der Waals surface area contributed by atoms with Gasteiger partial charge in [0.05, 0.1) is 0 Å². The van der Waals surface area contributed by atoms with Gasteiger partial charge in [0.1, 0.15) is 6.04 Å². The number of hydrogen-bond donors (Lipinski definition) is 2. The Bertz CT molecular complexity index is 268. The van der Waals surface area contributed by atoms with Crippen LogP contribution in [0.15, 0.2) is 11.1 Å². The molecule has 0 aromatic carbocycles. The lowest BCUT2D eigenvalue weighted by atomic mass is 10.3. The highest BCUT2D eigenvalue weighted by Crippen LogP contribution is 2.09. The van der Waals surface area contributed by atoms with Gasteiger partial charge < -0.3 is 10.4 Å². The van der Waals surface area contributed by atoms with E-state index in [0.717, 1.165) is 5.57 Å². The summed E-state index contributed by atoms with van der Waals surface area (Å²) in [5.74, 6) is -0.373. The SMILES string of the molecule is CC(=O)N[C@@H](CSCC(C)=CCl)C(=O)O. The first-order chi connectivity index (χ1) is 6.97. The Morgan fingerprint density at radius 2 is 2.13 bits per heavy atom. The van der Waals surface area contributed by atoms with Crippen LogP contribution in [-0.2, 0) is 9.59 Å². The molecule has 0 saturated heterocycles. The number of aliphatic carboxylic acids is 1. The summed E-state index contributed by atoms with van der Waals surface area (Å²) in [6, 6.07) is -0.837. The van der Waals surface area contributed by atoms with Crippen LogP contribution in [0.2, 0.25) is 0 Å². The summed E-state index contributed by atoms with van der Waals surface area (Å²) in [5.41, 5.74) is 2.43. The third kappa shape index (κ3) is 7.27. The van der Waals surface area contributed by atoms with Crippen molar-refractivity contribution in [2.75, 3.05) is 11.5 Å². The van der Waals surface area contributed by atoms with Gasteiger partial charge in [0, 0.05) is 24.0 Å². The number of carboxylic acids is 1. The molecule has 0 radical (unpaired) electrons. The maximum absolute atomic E-state index is 10.7. The molecule has 0 aliphatic carbocycles. The second kappa shape index (κ2) is 7.59. The van der Waals surface area contributed by atoms with E-state index in [9.17, 15) is 9.59 Å². The van der Waals surface area contributed by atoms with E-state index in [1.165, 1.54) is 24.2 Å². The van der Waals surface area contributed by atoms with Gasteiger partial charge in [0.2, 0.25) is 5.91 Å². The first kappa shape index (κ1) is 14.3. The quantitative estimate of drug-likeness (QED) is 0.750. The summed E-state index contributed by atoms with van der Waals surface area (Å²) in [6.45, 7) is 3.15. The zero-order valence-corrected chi connectivity index (χ0v) is 10.2. The number of amides is 1. The van der Waals surface area contributed by atoms with Crippen molar-refractivity contribution in [3.05, 3.63) is 11.1 Å². The van der Waals surface area contributed by atoms with Crippen LogP contribution in [0.4, 0.5) is 0 Å². The number of carbonyl (C=O) groups is 2. The van der Waals surface area contributed by atoms with E-state index in [4.69, 9.17) is 16.7 Å². The van der Waals surface area contributed by atoms with E-state index in [-0.39, 0.29) is 5.91 Å². The van der Waals surface area contributed by atoms with E-state index in [1.807, 2.05) is 6.92 Å². The molecule has 86 valence electrons. The summed E-state index contributed by atoms with van der Waals surface area (Å²) in [7, 11) is 0. The van der Waals surface area contributed by atoms with Crippen LogP contribution in [0.1, 0.15) is 13.8 Å². The highest BCUT2D eigenvalue weighted by Gasteiger charge is 2.17. The molecule has 15 heavy (non-hydrogen) atoms. The van der Waals surface area contributed by atoms with Gasteiger partial charge >= 0.3 is 5.97 Å². The Balaban J connectivity index is 3.97. The zero-order chi connectivity index (χ0) is 11.8. The van der Waals surface area contributed by atoms with E-state index >= 15 is 0 Å². The fourth-order valence-electron chi connectivity index (χ4n) is 0.789. The van der Waals surface area contributed by atoms with Crippen LogP contribution >= 0.6 is 23.4 Å². The van der Waals surface area contributed by atoms with Gasteiger partial charge in [-0.2, -0.15) is 11.8 Å². The first-order valence-corrected chi connectivity index (χ1v) is 5.90. The number of halogens is 1. The lowest BCUT2D eigenvalue weighted by Gasteiger charge is -2.12. The maximum atomic E-state index is 10.7. The van der Waals surface area contributed by atoms with Crippen molar-refractivity contribution in [1.82, 2.24) is 5.32 Å². The average Bonchev–Trinajstić information content (AvgIpc) is 2.15. The fraction of sp³-hybridized carbons (Fsp3) is 0.556. The Hall–Kier alpha value is -0.680. The van der Waals surface area contributed by atoms with Gasteiger partial charge in [-0.05, 0) is 6.92 Å². The van der Waals surface area contributed by atoms with Crippen molar-refractivity contribution < 1.29 is 14.7 Å².